The van der Waals surface area contributed by atoms with Gasteiger partial charge in [0.2, 0.25) is 0 Å². The van der Waals surface area contributed by atoms with E-state index in [0.29, 0.717) is 11.8 Å². The van der Waals surface area contributed by atoms with Gasteiger partial charge in [0.25, 0.3) is 5.91 Å². The summed E-state index contributed by atoms with van der Waals surface area (Å²) < 4.78 is 26.7. The molecule has 1 aliphatic heterocycles. The van der Waals surface area contributed by atoms with Crippen molar-refractivity contribution in [1.82, 2.24) is 10.2 Å². The Labute approximate surface area is 161 Å². The highest BCUT2D eigenvalue weighted by Crippen LogP contribution is 2.23. The standard InChI is InChI=1S/C21H18F2N4O/c22-15-5-8-17(18(23)13-15)21(28)24-16-6-3-14(4-7-16)19-9-10-20(26-25-19)27-11-1-2-12-27/h3-10,13H,1-2,11-12H2,(H,24,28). The Bertz CT molecular complexity index is 984. The van der Waals surface area contributed by atoms with E-state index in [1.54, 1.807) is 24.3 Å². The van der Waals surface area contributed by atoms with Gasteiger partial charge >= 0.3 is 0 Å². The first-order chi connectivity index (χ1) is 13.6. The highest BCUT2D eigenvalue weighted by molar-refractivity contribution is 6.04. The second-order valence-electron chi connectivity index (χ2n) is 6.63. The number of nitrogens with zero attached hydrogens (tertiary/aromatic N) is 3. The molecule has 3 aromatic rings. The first-order valence-corrected chi connectivity index (χ1v) is 9.06. The van der Waals surface area contributed by atoms with Crippen LogP contribution in [0.5, 0.6) is 0 Å². The minimum absolute atomic E-state index is 0.214. The quantitative estimate of drug-likeness (QED) is 0.734. The summed E-state index contributed by atoms with van der Waals surface area (Å²) in [5.41, 5.74) is 1.87. The zero-order valence-corrected chi connectivity index (χ0v) is 15.0. The number of nitrogens with one attached hydrogen (secondary N) is 1. The van der Waals surface area contributed by atoms with Crippen LogP contribution in [0.3, 0.4) is 0 Å². The van der Waals surface area contributed by atoms with E-state index in [4.69, 9.17) is 0 Å². The molecule has 1 aliphatic rings. The molecule has 28 heavy (non-hydrogen) atoms. The molecule has 2 aromatic carbocycles. The van der Waals surface area contributed by atoms with Crippen LogP contribution in [0.1, 0.15) is 23.2 Å². The first kappa shape index (κ1) is 18.0. The molecule has 0 saturated carbocycles. The molecule has 4 rings (SSSR count). The number of aromatic nitrogens is 2. The lowest BCUT2D eigenvalue weighted by Gasteiger charge is -2.15. The summed E-state index contributed by atoms with van der Waals surface area (Å²) in [6.07, 6.45) is 2.36. The molecule has 1 amide bonds. The van der Waals surface area contributed by atoms with Crippen molar-refractivity contribution < 1.29 is 13.6 Å². The van der Waals surface area contributed by atoms with Crippen molar-refractivity contribution in [1.29, 1.82) is 0 Å². The maximum Gasteiger partial charge on any atom is 0.258 e. The summed E-state index contributed by atoms with van der Waals surface area (Å²) in [4.78, 5) is 14.4. The molecule has 5 nitrogen and oxygen atoms in total. The number of rotatable bonds is 4. The maximum absolute atomic E-state index is 13.7. The van der Waals surface area contributed by atoms with Gasteiger partial charge in [-0.1, -0.05) is 12.1 Å². The van der Waals surface area contributed by atoms with Gasteiger partial charge in [-0.2, -0.15) is 0 Å². The van der Waals surface area contributed by atoms with Gasteiger partial charge in [0.05, 0.1) is 11.3 Å². The lowest BCUT2D eigenvalue weighted by molar-refractivity contribution is 0.102. The van der Waals surface area contributed by atoms with Gasteiger partial charge in [-0.3, -0.25) is 4.79 Å². The zero-order chi connectivity index (χ0) is 19.5. The van der Waals surface area contributed by atoms with Gasteiger partial charge < -0.3 is 10.2 Å². The minimum atomic E-state index is -0.900. The molecule has 7 heteroatoms. The predicted octanol–water partition coefficient (Wildman–Crippen LogP) is 4.27. The fourth-order valence-corrected chi connectivity index (χ4v) is 3.19. The highest BCUT2D eigenvalue weighted by Gasteiger charge is 2.15. The number of anilines is 2. The molecule has 0 bridgehead atoms. The van der Waals surface area contributed by atoms with Crippen molar-refractivity contribution >= 4 is 17.4 Å². The molecular formula is C21H18F2N4O. The second-order valence-corrected chi connectivity index (χ2v) is 6.63. The Morgan fingerprint density at radius 3 is 2.32 bits per heavy atom. The third-order valence-corrected chi connectivity index (χ3v) is 4.69. The largest absolute Gasteiger partial charge is 0.355 e. The Hall–Kier alpha value is -3.35. The summed E-state index contributed by atoms with van der Waals surface area (Å²) in [7, 11) is 0. The lowest BCUT2D eigenvalue weighted by atomic mass is 10.1. The summed E-state index contributed by atoms with van der Waals surface area (Å²) >= 11 is 0. The topological polar surface area (TPSA) is 58.1 Å². The van der Waals surface area contributed by atoms with Crippen molar-refractivity contribution in [2.24, 2.45) is 0 Å². The number of hydrogen-bond acceptors (Lipinski definition) is 4. The molecule has 0 radical (unpaired) electrons. The number of carbonyl (C=O) groups is 1. The van der Waals surface area contributed by atoms with Gasteiger partial charge in [0.15, 0.2) is 5.82 Å². The Morgan fingerprint density at radius 1 is 0.929 bits per heavy atom. The van der Waals surface area contributed by atoms with E-state index in [2.05, 4.69) is 20.4 Å². The molecule has 2 heterocycles. The summed E-state index contributed by atoms with van der Waals surface area (Å²) in [6, 6.07) is 13.7. The molecule has 1 aromatic heterocycles. The number of benzene rings is 2. The smallest absolute Gasteiger partial charge is 0.258 e. The zero-order valence-electron chi connectivity index (χ0n) is 15.0. The Morgan fingerprint density at radius 2 is 1.68 bits per heavy atom. The van der Waals surface area contributed by atoms with E-state index in [0.717, 1.165) is 42.3 Å². The fourth-order valence-electron chi connectivity index (χ4n) is 3.19. The van der Waals surface area contributed by atoms with E-state index in [-0.39, 0.29) is 5.56 Å². The van der Waals surface area contributed by atoms with Crippen LogP contribution in [-0.2, 0) is 0 Å². The molecule has 1 saturated heterocycles. The second kappa shape index (κ2) is 7.72. The number of halogens is 2. The van der Waals surface area contributed by atoms with Crippen molar-refractivity contribution in [3.63, 3.8) is 0 Å². The number of carbonyl (C=O) groups excluding carboxylic acids is 1. The van der Waals surface area contributed by atoms with E-state index in [9.17, 15) is 13.6 Å². The van der Waals surface area contributed by atoms with Crippen molar-refractivity contribution in [3.05, 3.63) is 71.8 Å². The Balaban J connectivity index is 1.45. The molecule has 0 aliphatic carbocycles. The van der Waals surface area contributed by atoms with Crippen molar-refractivity contribution in [3.8, 4) is 11.3 Å². The van der Waals surface area contributed by atoms with Crippen molar-refractivity contribution in [2.75, 3.05) is 23.3 Å². The third kappa shape index (κ3) is 3.83. The van der Waals surface area contributed by atoms with Crippen LogP contribution in [0.25, 0.3) is 11.3 Å². The van der Waals surface area contributed by atoms with Crippen LogP contribution < -0.4 is 10.2 Å². The van der Waals surface area contributed by atoms with Crippen LogP contribution in [0.4, 0.5) is 20.3 Å². The van der Waals surface area contributed by atoms with Crippen LogP contribution in [-0.4, -0.2) is 29.2 Å². The minimum Gasteiger partial charge on any atom is -0.355 e. The third-order valence-electron chi connectivity index (χ3n) is 4.69. The summed E-state index contributed by atoms with van der Waals surface area (Å²) in [5.74, 6) is -1.38. The summed E-state index contributed by atoms with van der Waals surface area (Å²) in [6.45, 7) is 2.02. The monoisotopic (exact) mass is 380 g/mol. The van der Waals surface area contributed by atoms with E-state index in [1.165, 1.54) is 12.8 Å². The molecule has 0 spiro atoms. The van der Waals surface area contributed by atoms with E-state index >= 15 is 0 Å². The highest BCUT2D eigenvalue weighted by atomic mass is 19.1. The molecular weight excluding hydrogens is 362 g/mol. The fraction of sp³-hybridized carbons (Fsp3) is 0.190. The van der Waals surface area contributed by atoms with Crippen LogP contribution in [0.15, 0.2) is 54.6 Å². The number of amides is 1. The van der Waals surface area contributed by atoms with E-state index in [1.807, 2.05) is 12.1 Å². The summed E-state index contributed by atoms with van der Waals surface area (Å²) in [5, 5.41) is 11.2. The molecule has 142 valence electrons. The van der Waals surface area contributed by atoms with Gasteiger partial charge in [0.1, 0.15) is 11.6 Å². The molecule has 1 N–H and O–H groups in total. The average Bonchev–Trinajstić information content (AvgIpc) is 3.23. The average molecular weight is 380 g/mol. The van der Waals surface area contributed by atoms with Gasteiger partial charge in [-0.25, -0.2) is 8.78 Å². The normalized spacial score (nSPS) is 13.6. The number of hydrogen-bond donors (Lipinski definition) is 1. The predicted molar refractivity (Wildman–Crippen MR) is 103 cm³/mol. The maximum atomic E-state index is 13.7. The van der Waals surface area contributed by atoms with Crippen LogP contribution in [0.2, 0.25) is 0 Å². The van der Waals surface area contributed by atoms with E-state index < -0.39 is 17.5 Å². The lowest BCUT2D eigenvalue weighted by Crippen LogP contribution is -2.19. The first-order valence-electron chi connectivity index (χ1n) is 9.06. The van der Waals surface area contributed by atoms with Crippen LogP contribution in [0, 0.1) is 11.6 Å². The van der Waals surface area contributed by atoms with Gasteiger partial charge in [-0.15, -0.1) is 10.2 Å². The molecule has 1 fully saturated rings. The SMILES string of the molecule is O=C(Nc1ccc(-c2ccc(N3CCCC3)nn2)cc1)c1ccc(F)cc1F. The molecule has 0 unspecified atom stereocenters. The molecule has 0 atom stereocenters. The van der Waals surface area contributed by atoms with Crippen LogP contribution >= 0.6 is 0 Å². The Kier molecular flexibility index (Phi) is 4.97. The van der Waals surface area contributed by atoms with Gasteiger partial charge in [-0.05, 0) is 49.2 Å². The van der Waals surface area contributed by atoms with Gasteiger partial charge in [0, 0.05) is 30.4 Å². The van der Waals surface area contributed by atoms with Crippen molar-refractivity contribution in [2.45, 2.75) is 12.8 Å².